The lowest BCUT2D eigenvalue weighted by molar-refractivity contribution is -0.145. The summed E-state index contributed by atoms with van der Waals surface area (Å²) in [6.45, 7) is 1.78. The summed E-state index contributed by atoms with van der Waals surface area (Å²) in [6, 6.07) is 6.23. The summed E-state index contributed by atoms with van der Waals surface area (Å²) in [6.07, 6.45) is 1.50. The van der Waals surface area contributed by atoms with Gasteiger partial charge in [0, 0.05) is 12.1 Å². The van der Waals surface area contributed by atoms with E-state index in [0.29, 0.717) is 27.7 Å². The van der Waals surface area contributed by atoms with E-state index in [1.54, 1.807) is 25.1 Å². The van der Waals surface area contributed by atoms with E-state index in [1.807, 2.05) is 0 Å². The summed E-state index contributed by atoms with van der Waals surface area (Å²) in [4.78, 5) is 22.7. The van der Waals surface area contributed by atoms with Crippen molar-refractivity contribution in [2.45, 2.75) is 6.92 Å². The molecule has 6 nitrogen and oxygen atoms in total. The van der Waals surface area contributed by atoms with Crippen LogP contribution in [0.5, 0.6) is 5.75 Å². The second-order valence-electron chi connectivity index (χ2n) is 4.30. The van der Waals surface area contributed by atoms with Crippen LogP contribution in [-0.2, 0) is 9.53 Å². The molecule has 0 spiro atoms. The Morgan fingerprint density at radius 1 is 1.19 bits per heavy atom. The smallest absolute Gasteiger partial charge is 0.344 e. The van der Waals surface area contributed by atoms with Crippen molar-refractivity contribution in [2.75, 3.05) is 13.2 Å². The van der Waals surface area contributed by atoms with Gasteiger partial charge in [0.25, 0.3) is 0 Å². The van der Waals surface area contributed by atoms with E-state index in [-0.39, 0.29) is 13.2 Å². The van der Waals surface area contributed by atoms with E-state index >= 15 is 0 Å². The number of carbonyl (C=O) groups excluding carboxylic acids is 1. The quantitative estimate of drug-likeness (QED) is 0.542. The number of hydrogen-bond donors (Lipinski definition) is 0. The summed E-state index contributed by atoms with van der Waals surface area (Å²) in [5.41, 5.74) is 0.379. The second-order valence-corrected chi connectivity index (χ2v) is 4.30. The molecule has 0 aliphatic carbocycles. The summed E-state index contributed by atoms with van der Waals surface area (Å²) >= 11 is 0. The Morgan fingerprint density at radius 3 is 2.81 bits per heavy atom. The van der Waals surface area contributed by atoms with E-state index in [2.05, 4.69) is 0 Å². The molecular formula is C15H12O6. The summed E-state index contributed by atoms with van der Waals surface area (Å²) in [7, 11) is 0. The van der Waals surface area contributed by atoms with E-state index in [0.717, 1.165) is 0 Å². The molecule has 2 heterocycles. The molecule has 0 atom stereocenters. The highest BCUT2D eigenvalue weighted by molar-refractivity contribution is 6.01. The average molecular weight is 288 g/mol. The van der Waals surface area contributed by atoms with Crippen molar-refractivity contribution in [3.05, 3.63) is 40.9 Å². The van der Waals surface area contributed by atoms with E-state index in [9.17, 15) is 9.59 Å². The third-order valence-electron chi connectivity index (χ3n) is 2.95. The molecule has 0 N–H and O–H groups in total. The lowest BCUT2D eigenvalue weighted by Crippen LogP contribution is -2.14. The zero-order valence-corrected chi connectivity index (χ0v) is 11.3. The van der Waals surface area contributed by atoms with Crippen LogP contribution in [-0.4, -0.2) is 19.2 Å². The first-order valence-electron chi connectivity index (χ1n) is 6.41. The molecule has 21 heavy (non-hydrogen) atoms. The highest BCUT2D eigenvalue weighted by atomic mass is 16.6. The van der Waals surface area contributed by atoms with Gasteiger partial charge in [-0.15, -0.1) is 0 Å². The van der Waals surface area contributed by atoms with Gasteiger partial charge in [-0.1, -0.05) is 0 Å². The highest BCUT2D eigenvalue weighted by Crippen LogP contribution is 2.34. The summed E-state index contributed by atoms with van der Waals surface area (Å²) in [5, 5.41) is 1.29. The van der Waals surface area contributed by atoms with Crippen molar-refractivity contribution < 1.29 is 23.1 Å². The van der Waals surface area contributed by atoms with Crippen LogP contribution < -0.4 is 10.4 Å². The van der Waals surface area contributed by atoms with Gasteiger partial charge >= 0.3 is 11.6 Å². The molecule has 2 aromatic heterocycles. The van der Waals surface area contributed by atoms with Gasteiger partial charge in [-0.3, -0.25) is 0 Å². The molecule has 0 saturated carbocycles. The zero-order chi connectivity index (χ0) is 14.8. The normalized spacial score (nSPS) is 10.9. The standard InChI is InChI=1S/C15H12O6/c1-2-18-14(17)8-20-15-9-3-4-13(16)21-12(9)7-11-10(15)5-6-19-11/h3-7H,2,8H2,1H3. The first-order valence-corrected chi connectivity index (χ1v) is 6.41. The maximum absolute atomic E-state index is 11.4. The van der Waals surface area contributed by atoms with Gasteiger partial charge in [0.1, 0.15) is 16.9 Å². The molecule has 0 aliphatic heterocycles. The third kappa shape index (κ3) is 2.47. The summed E-state index contributed by atoms with van der Waals surface area (Å²) in [5.74, 6) is -0.0448. The van der Waals surface area contributed by atoms with Gasteiger partial charge in [-0.2, -0.15) is 0 Å². The van der Waals surface area contributed by atoms with Crippen LogP contribution in [0.3, 0.4) is 0 Å². The molecule has 0 unspecified atom stereocenters. The number of esters is 1. The number of furan rings is 1. The number of carbonyl (C=O) groups is 1. The van der Waals surface area contributed by atoms with Crippen molar-refractivity contribution in [1.82, 2.24) is 0 Å². The van der Waals surface area contributed by atoms with Crippen LogP contribution in [0, 0.1) is 0 Å². The molecule has 0 fully saturated rings. The number of benzene rings is 1. The van der Waals surface area contributed by atoms with Crippen molar-refractivity contribution >= 4 is 27.9 Å². The van der Waals surface area contributed by atoms with Crippen LogP contribution in [0.25, 0.3) is 21.9 Å². The van der Waals surface area contributed by atoms with E-state index in [4.69, 9.17) is 18.3 Å². The first kappa shape index (κ1) is 13.2. The van der Waals surface area contributed by atoms with Crippen LogP contribution in [0.15, 0.2) is 44.2 Å². The third-order valence-corrected chi connectivity index (χ3v) is 2.95. The van der Waals surface area contributed by atoms with Crippen LogP contribution in [0.2, 0.25) is 0 Å². The fraction of sp³-hybridized carbons (Fsp3) is 0.200. The fourth-order valence-electron chi connectivity index (χ4n) is 2.10. The minimum absolute atomic E-state index is 0.230. The predicted octanol–water partition coefficient (Wildman–Crippen LogP) is 2.48. The highest BCUT2D eigenvalue weighted by Gasteiger charge is 2.14. The van der Waals surface area contributed by atoms with Crippen molar-refractivity contribution in [2.24, 2.45) is 0 Å². The number of hydrogen-bond acceptors (Lipinski definition) is 6. The van der Waals surface area contributed by atoms with Gasteiger partial charge in [0.05, 0.1) is 23.6 Å². The average Bonchev–Trinajstić information content (AvgIpc) is 2.91. The van der Waals surface area contributed by atoms with Crippen molar-refractivity contribution in [3.8, 4) is 5.75 Å². The molecule has 3 rings (SSSR count). The zero-order valence-electron chi connectivity index (χ0n) is 11.3. The molecule has 0 bridgehead atoms. The number of ether oxygens (including phenoxy) is 2. The molecule has 0 saturated heterocycles. The largest absolute Gasteiger partial charge is 0.480 e. The molecule has 1 aromatic carbocycles. The molecular weight excluding hydrogens is 276 g/mol. The minimum Gasteiger partial charge on any atom is -0.480 e. The maximum Gasteiger partial charge on any atom is 0.344 e. The number of rotatable bonds is 4. The lowest BCUT2D eigenvalue weighted by Gasteiger charge is -2.09. The van der Waals surface area contributed by atoms with Gasteiger partial charge in [0.15, 0.2) is 6.61 Å². The van der Waals surface area contributed by atoms with Crippen LogP contribution in [0.1, 0.15) is 6.92 Å². The van der Waals surface area contributed by atoms with Gasteiger partial charge in [0.2, 0.25) is 0 Å². The second kappa shape index (κ2) is 5.32. The van der Waals surface area contributed by atoms with Crippen LogP contribution in [0.4, 0.5) is 0 Å². The SMILES string of the molecule is CCOC(=O)COc1c2ccoc2cc2oc(=O)ccc12. The van der Waals surface area contributed by atoms with Crippen molar-refractivity contribution in [1.29, 1.82) is 0 Å². The van der Waals surface area contributed by atoms with Gasteiger partial charge in [-0.25, -0.2) is 9.59 Å². The fourth-order valence-corrected chi connectivity index (χ4v) is 2.10. The molecule has 3 aromatic rings. The topological polar surface area (TPSA) is 78.9 Å². The Hall–Kier alpha value is -2.76. The van der Waals surface area contributed by atoms with Crippen molar-refractivity contribution in [3.63, 3.8) is 0 Å². The predicted molar refractivity (Wildman–Crippen MR) is 74.4 cm³/mol. The Bertz CT molecular complexity index is 857. The monoisotopic (exact) mass is 288 g/mol. The molecule has 108 valence electrons. The van der Waals surface area contributed by atoms with E-state index in [1.165, 1.54) is 12.3 Å². The Morgan fingerprint density at radius 2 is 2.00 bits per heavy atom. The molecule has 6 heteroatoms. The maximum atomic E-state index is 11.4. The Balaban J connectivity index is 2.09. The molecule has 0 aliphatic rings. The lowest BCUT2D eigenvalue weighted by atomic mass is 10.1. The molecule has 0 amide bonds. The van der Waals surface area contributed by atoms with Gasteiger partial charge in [-0.05, 0) is 19.1 Å². The molecule has 0 radical (unpaired) electrons. The number of fused-ring (bicyclic) bond motifs is 2. The Kier molecular flexibility index (Phi) is 3.35. The summed E-state index contributed by atoms with van der Waals surface area (Å²) < 4.78 is 20.8. The Labute approximate surface area is 118 Å². The minimum atomic E-state index is -0.469. The van der Waals surface area contributed by atoms with E-state index < -0.39 is 11.6 Å². The van der Waals surface area contributed by atoms with Crippen LogP contribution >= 0.6 is 0 Å². The van der Waals surface area contributed by atoms with Gasteiger partial charge < -0.3 is 18.3 Å². The first-order chi connectivity index (χ1) is 10.2.